The Morgan fingerprint density at radius 3 is 2.46 bits per heavy atom. The normalized spacial score (nSPS) is 10.1. The molecule has 1 heterocycles. The molecule has 0 aliphatic rings. The van der Waals surface area contributed by atoms with Crippen LogP contribution in [0.2, 0.25) is 0 Å². The maximum Gasteiger partial charge on any atom is 0.341 e. The average molecular weight is 328 g/mol. The van der Waals surface area contributed by atoms with E-state index in [1.165, 1.54) is 0 Å². The molecule has 0 aliphatic heterocycles. The van der Waals surface area contributed by atoms with E-state index in [1.807, 2.05) is 12.1 Å². The molecule has 2 aromatic rings. The number of hydrogen-bond donors (Lipinski definition) is 1. The molecule has 0 radical (unpaired) electrons. The van der Waals surface area contributed by atoms with Crippen LogP contribution in [-0.4, -0.2) is 30.1 Å². The fourth-order valence-corrected chi connectivity index (χ4v) is 2.20. The Hall–Kier alpha value is -2.89. The van der Waals surface area contributed by atoms with Gasteiger partial charge in [0, 0.05) is 24.6 Å². The number of ether oxygens (including phenoxy) is 2. The number of benzene rings is 1. The SMILES string of the molecule is CCOC(=O)c1cccc(NCc2cccnc2)c1C(=O)OCC. The Bertz CT molecular complexity index is 701. The summed E-state index contributed by atoms with van der Waals surface area (Å²) in [6, 6.07) is 8.73. The van der Waals surface area contributed by atoms with Crippen LogP contribution in [0.25, 0.3) is 0 Å². The van der Waals surface area contributed by atoms with Crippen molar-refractivity contribution in [3.8, 4) is 0 Å². The molecule has 6 nitrogen and oxygen atoms in total. The van der Waals surface area contributed by atoms with Gasteiger partial charge in [0.2, 0.25) is 0 Å². The third-order valence-electron chi connectivity index (χ3n) is 3.25. The minimum Gasteiger partial charge on any atom is -0.462 e. The first-order chi connectivity index (χ1) is 11.7. The zero-order valence-electron chi connectivity index (χ0n) is 13.7. The van der Waals surface area contributed by atoms with Crippen molar-refractivity contribution >= 4 is 17.6 Å². The smallest absolute Gasteiger partial charge is 0.341 e. The largest absolute Gasteiger partial charge is 0.462 e. The number of carbonyl (C=O) groups excluding carboxylic acids is 2. The summed E-state index contributed by atoms with van der Waals surface area (Å²) >= 11 is 0. The highest BCUT2D eigenvalue weighted by Crippen LogP contribution is 2.23. The van der Waals surface area contributed by atoms with E-state index in [1.54, 1.807) is 44.4 Å². The number of nitrogens with one attached hydrogen (secondary N) is 1. The topological polar surface area (TPSA) is 77.5 Å². The third-order valence-corrected chi connectivity index (χ3v) is 3.25. The van der Waals surface area contributed by atoms with Crippen LogP contribution in [0.4, 0.5) is 5.69 Å². The number of hydrogen-bond acceptors (Lipinski definition) is 6. The van der Waals surface area contributed by atoms with Gasteiger partial charge in [-0.25, -0.2) is 9.59 Å². The lowest BCUT2D eigenvalue weighted by molar-refractivity contribution is 0.0479. The van der Waals surface area contributed by atoms with Crippen molar-refractivity contribution in [2.45, 2.75) is 20.4 Å². The van der Waals surface area contributed by atoms with E-state index in [0.29, 0.717) is 12.2 Å². The monoisotopic (exact) mass is 328 g/mol. The molecule has 0 aliphatic carbocycles. The summed E-state index contributed by atoms with van der Waals surface area (Å²) in [5, 5.41) is 3.16. The first kappa shape index (κ1) is 17.5. The van der Waals surface area contributed by atoms with Crippen LogP contribution in [0.15, 0.2) is 42.7 Å². The third kappa shape index (κ3) is 4.32. The second-order valence-electron chi connectivity index (χ2n) is 4.88. The predicted octanol–water partition coefficient (Wildman–Crippen LogP) is 3.05. The molecule has 126 valence electrons. The summed E-state index contributed by atoms with van der Waals surface area (Å²) in [6.45, 7) is 4.35. The first-order valence-electron chi connectivity index (χ1n) is 7.77. The van der Waals surface area contributed by atoms with Crippen LogP contribution in [0.3, 0.4) is 0 Å². The maximum absolute atomic E-state index is 12.3. The van der Waals surface area contributed by atoms with E-state index in [4.69, 9.17) is 9.47 Å². The molecule has 2 rings (SSSR count). The summed E-state index contributed by atoms with van der Waals surface area (Å²) in [5.74, 6) is -1.11. The summed E-state index contributed by atoms with van der Waals surface area (Å²) in [7, 11) is 0. The van der Waals surface area contributed by atoms with Crippen LogP contribution < -0.4 is 5.32 Å². The molecule has 0 amide bonds. The van der Waals surface area contributed by atoms with E-state index >= 15 is 0 Å². The Balaban J connectivity index is 2.33. The Morgan fingerprint density at radius 2 is 1.79 bits per heavy atom. The minimum absolute atomic E-state index is 0.182. The fourth-order valence-electron chi connectivity index (χ4n) is 2.20. The van der Waals surface area contributed by atoms with E-state index in [-0.39, 0.29) is 24.3 Å². The Labute approximate surface area is 140 Å². The van der Waals surface area contributed by atoms with Gasteiger partial charge in [-0.3, -0.25) is 4.98 Å². The van der Waals surface area contributed by atoms with Crippen molar-refractivity contribution < 1.29 is 19.1 Å². The molecular weight excluding hydrogens is 308 g/mol. The van der Waals surface area contributed by atoms with Crippen molar-refractivity contribution in [1.29, 1.82) is 0 Å². The number of anilines is 1. The van der Waals surface area contributed by atoms with Gasteiger partial charge >= 0.3 is 11.9 Å². The molecule has 0 unspecified atom stereocenters. The second kappa shape index (κ2) is 8.67. The highest BCUT2D eigenvalue weighted by Gasteiger charge is 2.22. The molecule has 0 atom stereocenters. The van der Waals surface area contributed by atoms with E-state index in [2.05, 4.69) is 10.3 Å². The molecular formula is C18H20N2O4. The zero-order valence-corrected chi connectivity index (χ0v) is 13.7. The highest BCUT2D eigenvalue weighted by atomic mass is 16.5. The van der Waals surface area contributed by atoms with Crippen molar-refractivity contribution in [2.75, 3.05) is 18.5 Å². The number of aromatic nitrogens is 1. The molecule has 1 N–H and O–H groups in total. The molecule has 1 aromatic carbocycles. The molecule has 0 saturated carbocycles. The van der Waals surface area contributed by atoms with Gasteiger partial charge in [0.1, 0.15) is 0 Å². The van der Waals surface area contributed by atoms with Crippen LogP contribution >= 0.6 is 0 Å². The standard InChI is InChI=1S/C18H20N2O4/c1-3-23-17(21)14-8-5-9-15(16(14)18(22)24-4-2)20-12-13-7-6-10-19-11-13/h5-11,20H,3-4,12H2,1-2H3. The number of esters is 2. The van der Waals surface area contributed by atoms with Crippen molar-refractivity contribution in [3.63, 3.8) is 0 Å². The van der Waals surface area contributed by atoms with Crippen LogP contribution in [-0.2, 0) is 16.0 Å². The van der Waals surface area contributed by atoms with Crippen LogP contribution in [0, 0.1) is 0 Å². The number of rotatable bonds is 7. The summed E-state index contributed by atoms with van der Waals surface area (Å²) in [6.07, 6.45) is 3.42. The summed E-state index contributed by atoms with van der Waals surface area (Å²) < 4.78 is 10.1. The van der Waals surface area contributed by atoms with Gasteiger partial charge < -0.3 is 14.8 Å². The van der Waals surface area contributed by atoms with Crippen molar-refractivity contribution in [1.82, 2.24) is 4.98 Å². The average Bonchev–Trinajstić information content (AvgIpc) is 2.61. The molecule has 0 saturated heterocycles. The van der Waals surface area contributed by atoms with E-state index < -0.39 is 11.9 Å². The van der Waals surface area contributed by atoms with Gasteiger partial charge in [0.25, 0.3) is 0 Å². The number of nitrogens with zero attached hydrogens (tertiary/aromatic N) is 1. The quantitative estimate of drug-likeness (QED) is 0.787. The molecule has 6 heteroatoms. The van der Waals surface area contributed by atoms with Crippen LogP contribution in [0.5, 0.6) is 0 Å². The number of pyridine rings is 1. The van der Waals surface area contributed by atoms with Gasteiger partial charge in [-0.05, 0) is 37.6 Å². The number of carbonyl (C=O) groups is 2. The molecule has 0 spiro atoms. The van der Waals surface area contributed by atoms with E-state index in [9.17, 15) is 9.59 Å². The molecule has 0 bridgehead atoms. The zero-order chi connectivity index (χ0) is 17.4. The van der Waals surface area contributed by atoms with Crippen molar-refractivity contribution in [3.05, 3.63) is 59.4 Å². The molecule has 0 fully saturated rings. The Kier molecular flexibility index (Phi) is 6.31. The van der Waals surface area contributed by atoms with Gasteiger partial charge in [-0.2, -0.15) is 0 Å². The van der Waals surface area contributed by atoms with Gasteiger partial charge in [-0.15, -0.1) is 0 Å². The fraction of sp³-hybridized carbons (Fsp3) is 0.278. The second-order valence-corrected chi connectivity index (χ2v) is 4.88. The lowest BCUT2D eigenvalue weighted by Gasteiger charge is -2.14. The van der Waals surface area contributed by atoms with E-state index in [0.717, 1.165) is 5.56 Å². The Morgan fingerprint density at radius 1 is 1.04 bits per heavy atom. The van der Waals surface area contributed by atoms with Gasteiger partial charge in [-0.1, -0.05) is 12.1 Å². The summed E-state index contributed by atoms with van der Waals surface area (Å²) in [4.78, 5) is 28.5. The highest BCUT2D eigenvalue weighted by molar-refractivity contribution is 6.07. The minimum atomic E-state index is -0.560. The molecule has 1 aromatic heterocycles. The summed E-state index contributed by atoms with van der Waals surface area (Å²) in [5.41, 5.74) is 1.84. The van der Waals surface area contributed by atoms with Gasteiger partial charge in [0.05, 0.1) is 24.3 Å². The first-order valence-corrected chi connectivity index (χ1v) is 7.77. The maximum atomic E-state index is 12.3. The van der Waals surface area contributed by atoms with Crippen molar-refractivity contribution in [2.24, 2.45) is 0 Å². The lowest BCUT2D eigenvalue weighted by Crippen LogP contribution is -2.17. The van der Waals surface area contributed by atoms with Crippen LogP contribution in [0.1, 0.15) is 40.1 Å². The predicted molar refractivity (Wildman–Crippen MR) is 89.9 cm³/mol. The molecule has 24 heavy (non-hydrogen) atoms. The lowest BCUT2D eigenvalue weighted by atomic mass is 10.0. The van der Waals surface area contributed by atoms with Gasteiger partial charge in [0.15, 0.2) is 0 Å².